The number of halogens is 5. The number of amides is 1. The molecule has 0 bridgehead atoms. The number of carbonyl (C=O) groups excluding carboxylic acids is 1. The Balaban J connectivity index is 1.35. The largest absolute Gasteiger partial charge is 0.417 e. The van der Waals surface area contributed by atoms with Gasteiger partial charge < -0.3 is 5.32 Å². The van der Waals surface area contributed by atoms with Crippen molar-refractivity contribution in [3.05, 3.63) is 75.5 Å². The predicted molar refractivity (Wildman–Crippen MR) is 120 cm³/mol. The number of nitrogens with zero attached hydrogens (tertiary/aromatic N) is 5. The number of anilines is 1. The van der Waals surface area contributed by atoms with Crippen LogP contribution >= 0.6 is 34.7 Å². The molecular formula is C20H13ClF4N6OS2. The molecule has 1 N–H and O–H groups in total. The van der Waals surface area contributed by atoms with Crippen molar-refractivity contribution in [2.75, 3.05) is 11.1 Å². The highest BCUT2D eigenvalue weighted by Crippen LogP contribution is 2.35. The number of hydrogen-bond donors (Lipinski definition) is 1. The van der Waals surface area contributed by atoms with E-state index in [4.69, 9.17) is 11.6 Å². The third kappa shape index (κ3) is 5.90. The van der Waals surface area contributed by atoms with Crippen molar-refractivity contribution in [3.63, 3.8) is 0 Å². The van der Waals surface area contributed by atoms with Crippen LogP contribution in [-0.2, 0) is 17.4 Å². The second-order valence-corrected chi connectivity index (χ2v) is 9.27. The highest BCUT2D eigenvalue weighted by molar-refractivity contribution is 7.99. The van der Waals surface area contributed by atoms with Crippen LogP contribution in [0.15, 0.2) is 53.8 Å². The van der Waals surface area contributed by atoms with Gasteiger partial charge in [-0.1, -0.05) is 29.4 Å². The van der Waals surface area contributed by atoms with Crippen molar-refractivity contribution in [2.24, 2.45) is 0 Å². The number of alkyl halides is 3. The third-order valence-electron chi connectivity index (χ3n) is 4.36. The Morgan fingerprint density at radius 3 is 2.68 bits per heavy atom. The first kappa shape index (κ1) is 24.1. The second kappa shape index (κ2) is 10.1. The minimum Gasteiger partial charge on any atom is -0.301 e. The van der Waals surface area contributed by atoms with Crippen LogP contribution in [0.2, 0.25) is 5.02 Å². The molecule has 176 valence electrons. The number of aromatic nitrogens is 5. The number of thiazole rings is 1. The minimum absolute atomic E-state index is 0.0252. The molecule has 0 aliphatic carbocycles. The molecule has 14 heteroatoms. The number of hydrogen-bond acceptors (Lipinski definition) is 7. The number of rotatable bonds is 7. The first-order valence-corrected chi connectivity index (χ1v) is 11.6. The molecule has 0 radical (unpaired) electrons. The van der Waals surface area contributed by atoms with Gasteiger partial charge in [0.2, 0.25) is 11.1 Å². The SMILES string of the molecule is O=C(CSc1nnnn1-c1ccc(F)cc1)Nc1ncc(Cc2ccc(Cl)c(C(F)(F)F)c2)s1. The maximum absolute atomic E-state index is 13.1. The van der Waals surface area contributed by atoms with E-state index < -0.39 is 17.6 Å². The number of thioether (sulfide) groups is 1. The van der Waals surface area contributed by atoms with Gasteiger partial charge in [0, 0.05) is 17.5 Å². The lowest BCUT2D eigenvalue weighted by Gasteiger charge is -2.10. The molecule has 0 fully saturated rings. The Hall–Kier alpha value is -3.03. The minimum atomic E-state index is -4.55. The molecule has 0 aliphatic heterocycles. The molecule has 7 nitrogen and oxygen atoms in total. The van der Waals surface area contributed by atoms with Gasteiger partial charge in [-0.15, -0.1) is 16.4 Å². The van der Waals surface area contributed by atoms with Crippen LogP contribution < -0.4 is 5.32 Å². The fraction of sp³-hybridized carbons (Fsp3) is 0.150. The monoisotopic (exact) mass is 528 g/mol. The van der Waals surface area contributed by atoms with Gasteiger partial charge >= 0.3 is 6.18 Å². The zero-order chi connectivity index (χ0) is 24.3. The van der Waals surface area contributed by atoms with Gasteiger partial charge in [-0.25, -0.2) is 9.37 Å². The molecule has 0 spiro atoms. The van der Waals surface area contributed by atoms with Crippen LogP contribution in [0.25, 0.3) is 5.69 Å². The molecule has 1 amide bonds. The van der Waals surface area contributed by atoms with E-state index in [1.165, 1.54) is 47.3 Å². The highest BCUT2D eigenvalue weighted by atomic mass is 35.5. The molecule has 2 aromatic carbocycles. The lowest BCUT2D eigenvalue weighted by molar-refractivity contribution is -0.137. The fourth-order valence-corrected chi connectivity index (χ4v) is 4.62. The van der Waals surface area contributed by atoms with Crippen LogP contribution in [0, 0.1) is 5.82 Å². The van der Waals surface area contributed by atoms with Gasteiger partial charge in [0.1, 0.15) is 5.82 Å². The topological polar surface area (TPSA) is 85.6 Å². The van der Waals surface area contributed by atoms with E-state index in [9.17, 15) is 22.4 Å². The molecule has 4 aromatic rings. The average molecular weight is 529 g/mol. The van der Waals surface area contributed by atoms with Gasteiger partial charge in [-0.3, -0.25) is 4.79 Å². The molecular weight excluding hydrogens is 516 g/mol. The van der Waals surface area contributed by atoms with Gasteiger partial charge in [0.15, 0.2) is 5.13 Å². The smallest absolute Gasteiger partial charge is 0.301 e. The zero-order valence-corrected chi connectivity index (χ0v) is 19.3. The van der Waals surface area contributed by atoms with Crippen LogP contribution in [0.4, 0.5) is 22.7 Å². The Morgan fingerprint density at radius 2 is 1.94 bits per heavy atom. The summed E-state index contributed by atoms with van der Waals surface area (Å²) >= 11 is 7.88. The number of carbonyl (C=O) groups is 1. The highest BCUT2D eigenvalue weighted by Gasteiger charge is 2.33. The van der Waals surface area contributed by atoms with Crippen molar-refractivity contribution in [2.45, 2.75) is 17.8 Å². The molecule has 34 heavy (non-hydrogen) atoms. The Labute approximate surface area is 203 Å². The lowest BCUT2D eigenvalue weighted by Crippen LogP contribution is -2.14. The Bertz CT molecular complexity index is 1310. The summed E-state index contributed by atoms with van der Waals surface area (Å²) in [5, 5.41) is 14.2. The third-order valence-corrected chi connectivity index (χ3v) is 6.52. The molecule has 0 saturated heterocycles. The summed E-state index contributed by atoms with van der Waals surface area (Å²) in [6.45, 7) is 0. The normalized spacial score (nSPS) is 11.6. The van der Waals surface area contributed by atoms with E-state index in [0.29, 0.717) is 26.4 Å². The quantitative estimate of drug-likeness (QED) is 0.260. The van der Waals surface area contributed by atoms with Crippen molar-refractivity contribution in [3.8, 4) is 5.69 Å². The number of nitrogens with one attached hydrogen (secondary N) is 1. The average Bonchev–Trinajstić information content (AvgIpc) is 3.43. The van der Waals surface area contributed by atoms with Crippen LogP contribution in [-0.4, -0.2) is 36.9 Å². The van der Waals surface area contributed by atoms with E-state index in [0.717, 1.165) is 29.2 Å². The summed E-state index contributed by atoms with van der Waals surface area (Å²) < 4.78 is 53.7. The van der Waals surface area contributed by atoms with Crippen LogP contribution in [0.1, 0.15) is 16.0 Å². The predicted octanol–water partition coefficient (Wildman–Crippen LogP) is 5.25. The van der Waals surface area contributed by atoms with E-state index in [1.807, 2.05) is 0 Å². The van der Waals surface area contributed by atoms with Gasteiger partial charge in [0.05, 0.1) is 22.0 Å². The van der Waals surface area contributed by atoms with Crippen molar-refractivity contribution in [1.29, 1.82) is 0 Å². The van der Waals surface area contributed by atoms with Gasteiger partial charge in [-0.05, 0) is 52.4 Å². The summed E-state index contributed by atoms with van der Waals surface area (Å²) in [4.78, 5) is 17.1. The molecule has 0 aliphatic rings. The van der Waals surface area contributed by atoms with E-state index >= 15 is 0 Å². The van der Waals surface area contributed by atoms with E-state index in [2.05, 4.69) is 25.8 Å². The number of tetrazole rings is 1. The van der Waals surface area contributed by atoms with E-state index in [-0.39, 0.29) is 23.1 Å². The number of benzene rings is 2. The molecule has 2 aromatic heterocycles. The maximum Gasteiger partial charge on any atom is 0.417 e. The first-order valence-electron chi connectivity index (χ1n) is 9.46. The van der Waals surface area contributed by atoms with Crippen molar-refractivity contribution in [1.82, 2.24) is 25.2 Å². The van der Waals surface area contributed by atoms with E-state index in [1.54, 1.807) is 0 Å². The van der Waals surface area contributed by atoms with Gasteiger partial charge in [-0.2, -0.15) is 17.9 Å². The van der Waals surface area contributed by atoms with Crippen molar-refractivity contribution >= 4 is 45.7 Å². The molecule has 0 saturated carbocycles. The Kier molecular flexibility index (Phi) is 7.14. The van der Waals surface area contributed by atoms with Crippen LogP contribution in [0.5, 0.6) is 0 Å². The van der Waals surface area contributed by atoms with Crippen LogP contribution in [0.3, 0.4) is 0 Å². The summed E-state index contributed by atoms with van der Waals surface area (Å²) in [5.41, 5.74) is 0.0564. The van der Waals surface area contributed by atoms with Crippen molar-refractivity contribution < 1.29 is 22.4 Å². The first-order chi connectivity index (χ1) is 16.2. The lowest BCUT2D eigenvalue weighted by atomic mass is 10.1. The second-order valence-electron chi connectivity index (χ2n) is 6.81. The fourth-order valence-electron chi connectivity index (χ4n) is 2.85. The Morgan fingerprint density at radius 1 is 1.18 bits per heavy atom. The molecule has 4 rings (SSSR count). The van der Waals surface area contributed by atoms with Gasteiger partial charge in [0.25, 0.3) is 0 Å². The summed E-state index contributed by atoms with van der Waals surface area (Å²) in [6, 6.07) is 9.27. The standard InChI is InChI=1S/C20H13ClF4N6OS2/c21-16-6-1-11(8-15(16)20(23,24)25)7-14-9-26-18(34-14)27-17(32)10-33-19-28-29-30-31(19)13-4-2-12(22)3-5-13/h1-6,8-9H,7,10H2,(H,26,27,32). The molecule has 0 unspecified atom stereocenters. The molecule has 0 atom stereocenters. The summed E-state index contributed by atoms with van der Waals surface area (Å²) in [6.07, 6.45) is -2.85. The zero-order valence-electron chi connectivity index (χ0n) is 16.9. The summed E-state index contributed by atoms with van der Waals surface area (Å²) in [7, 11) is 0. The summed E-state index contributed by atoms with van der Waals surface area (Å²) in [5.74, 6) is -0.793. The maximum atomic E-state index is 13.1. The molecule has 2 heterocycles.